The molecule has 0 radical (unpaired) electrons. The molecule has 3 nitrogen and oxygen atoms in total. The number of hydrogen-bond donors (Lipinski definition) is 2. The van der Waals surface area contributed by atoms with Crippen molar-refractivity contribution in [1.82, 2.24) is 5.32 Å². The van der Waals surface area contributed by atoms with Gasteiger partial charge in [-0.2, -0.15) is 0 Å². The van der Waals surface area contributed by atoms with Crippen LogP contribution in [0.25, 0.3) is 0 Å². The van der Waals surface area contributed by atoms with Crippen molar-refractivity contribution < 1.29 is 9.90 Å². The SMILES string of the molecule is CC1(C)N[C@](C)(C(=O)O)CS1. The van der Waals surface area contributed by atoms with Gasteiger partial charge in [-0.3, -0.25) is 10.1 Å². The summed E-state index contributed by atoms with van der Waals surface area (Å²) in [4.78, 5) is 10.6. The standard InChI is InChI=1S/C7H13NO2S/c1-6(2)8-7(3,4-11-6)5(9)10/h8H,4H2,1-3H3,(H,9,10)/t7-/m0/s1. The topological polar surface area (TPSA) is 49.3 Å². The number of nitrogens with one attached hydrogen (secondary N) is 1. The first-order chi connectivity index (χ1) is 4.86. The largest absolute Gasteiger partial charge is 0.480 e. The first-order valence-electron chi connectivity index (χ1n) is 3.52. The monoisotopic (exact) mass is 175 g/mol. The van der Waals surface area contributed by atoms with E-state index in [4.69, 9.17) is 5.11 Å². The van der Waals surface area contributed by atoms with Gasteiger partial charge in [-0.15, -0.1) is 11.8 Å². The van der Waals surface area contributed by atoms with Crippen molar-refractivity contribution in [3.8, 4) is 0 Å². The molecule has 0 aromatic carbocycles. The summed E-state index contributed by atoms with van der Waals surface area (Å²) >= 11 is 1.64. The average Bonchev–Trinajstić information content (AvgIpc) is 2.08. The van der Waals surface area contributed by atoms with Crippen LogP contribution in [-0.4, -0.2) is 27.2 Å². The summed E-state index contributed by atoms with van der Waals surface area (Å²) in [5.41, 5.74) is -0.742. The minimum absolute atomic E-state index is 0.104. The van der Waals surface area contributed by atoms with Gasteiger partial charge < -0.3 is 5.11 Å². The van der Waals surface area contributed by atoms with E-state index in [0.29, 0.717) is 5.75 Å². The molecule has 0 aromatic heterocycles. The zero-order valence-corrected chi connectivity index (χ0v) is 7.79. The molecular weight excluding hydrogens is 162 g/mol. The first kappa shape index (κ1) is 8.87. The van der Waals surface area contributed by atoms with E-state index in [2.05, 4.69) is 5.32 Å². The predicted octanol–water partition coefficient (Wildman–Crippen LogP) is 0.902. The molecule has 64 valence electrons. The molecule has 0 unspecified atom stereocenters. The highest BCUT2D eigenvalue weighted by Gasteiger charge is 2.44. The number of thioether (sulfide) groups is 1. The van der Waals surface area contributed by atoms with E-state index in [1.54, 1.807) is 18.7 Å². The fourth-order valence-corrected chi connectivity index (χ4v) is 2.32. The Balaban J connectivity index is 2.73. The van der Waals surface area contributed by atoms with Crippen LogP contribution in [-0.2, 0) is 4.79 Å². The molecule has 0 saturated carbocycles. The van der Waals surface area contributed by atoms with E-state index < -0.39 is 11.5 Å². The molecule has 2 N–H and O–H groups in total. The van der Waals surface area contributed by atoms with Crippen molar-refractivity contribution in [2.45, 2.75) is 31.2 Å². The fourth-order valence-electron chi connectivity index (χ4n) is 1.18. The molecule has 1 rings (SSSR count). The lowest BCUT2D eigenvalue weighted by Crippen LogP contribution is -2.51. The van der Waals surface area contributed by atoms with Crippen LogP contribution in [0, 0.1) is 0 Å². The van der Waals surface area contributed by atoms with Gasteiger partial charge in [0.25, 0.3) is 0 Å². The van der Waals surface area contributed by atoms with E-state index in [0.717, 1.165) is 0 Å². The average molecular weight is 175 g/mol. The lowest BCUT2D eigenvalue weighted by Gasteiger charge is -2.23. The zero-order chi connectivity index (χ0) is 8.70. The number of hydrogen-bond acceptors (Lipinski definition) is 3. The smallest absolute Gasteiger partial charge is 0.324 e. The normalized spacial score (nSPS) is 35.5. The Morgan fingerprint density at radius 3 is 2.27 bits per heavy atom. The minimum Gasteiger partial charge on any atom is -0.480 e. The summed E-state index contributed by atoms with van der Waals surface area (Å²) in [5, 5.41) is 11.9. The van der Waals surface area contributed by atoms with Gasteiger partial charge in [0.05, 0.1) is 4.87 Å². The summed E-state index contributed by atoms with van der Waals surface area (Å²) in [5.74, 6) is -0.134. The van der Waals surface area contributed by atoms with E-state index in [1.807, 2.05) is 13.8 Å². The maximum absolute atomic E-state index is 10.7. The van der Waals surface area contributed by atoms with Gasteiger partial charge in [-0.05, 0) is 20.8 Å². The Morgan fingerprint density at radius 2 is 2.09 bits per heavy atom. The molecule has 0 aliphatic carbocycles. The van der Waals surface area contributed by atoms with Crippen molar-refractivity contribution in [2.75, 3.05) is 5.75 Å². The predicted molar refractivity (Wildman–Crippen MR) is 45.7 cm³/mol. The van der Waals surface area contributed by atoms with Crippen molar-refractivity contribution in [1.29, 1.82) is 0 Å². The molecule has 1 saturated heterocycles. The second-order valence-electron chi connectivity index (χ2n) is 3.56. The third-order valence-corrected chi connectivity index (χ3v) is 3.32. The zero-order valence-electron chi connectivity index (χ0n) is 6.97. The van der Waals surface area contributed by atoms with Gasteiger partial charge in [0.1, 0.15) is 5.54 Å². The Hall–Kier alpha value is -0.220. The molecule has 0 spiro atoms. The second kappa shape index (κ2) is 2.38. The van der Waals surface area contributed by atoms with Gasteiger partial charge in [0.15, 0.2) is 0 Å². The first-order valence-corrected chi connectivity index (χ1v) is 4.51. The third kappa shape index (κ3) is 1.68. The summed E-state index contributed by atoms with van der Waals surface area (Å²) in [6.07, 6.45) is 0. The highest BCUT2D eigenvalue weighted by Crippen LogP contribution is 2.34. The van der Waals surface area contributed by atoms with Gasteiger partial charge in [-0.1, -0.05) is 0 Å². The Kier molecular flexibility index (Phi) is 1.92. The molecule has 1 fully saturated rings. The summed E-state index contributed by atoms with van der Waals surface area (Å²) in [6, 6.07) is 0. The van der Waals surface area contributed by atoms with Crippen LogP contribution >= 0.6 is 11.8 Å². The molecule has 1 aliphatic rings. The molecule has 4 heteroatoms. The van der Waals surface area contributed by atoms with E-state index in [-0.39, 0.29) is 4.87 Å². The van der Waals surface area contributed by atoms with Crippen molar-refractivity contribution >= 4 is 17.7 Å². The summed E-state index contributed by atoms with van der Waals surface area (Å²) < 4.78 is 0. The highest BCUT2D eigenvalue weighted by molar-refractivity contribution is 8.00. The van der Waals surface area contributed by atoms with E-state index in [9.17, 15) is 4.79 Å². The highest BCUT2D eigenvalue weighted by atomic mass is 32.2. The number of rotatable bonds is 1. The maximum Gasteiger partial charge on any atom is 0.324 e. The molecule has 1 atom stereocenters. The third-order valence-electron chi connectivity index (χ3n) is 1.77. The van der Waals surface area contributed by atoms with Gasteiger partial charge in [-0.25, -0.2) is 0 Å². The Morgan fingerprint density at radius 1 is 1.55 bits per heavy atom. The Labute approximate surface area is 70.6 Å². The quantitative estimate of drug-likeness (QED) is 0.621. The van der Waals surface area contributed by atoms with Crippen molar-refractivity contribution in [3.05, 3.63) is 0 Å². The van der Waals surface area contributed by atoms with Crippen LogP contribution in [0.4, 0.5) is 0 Å². The maximum atomic E-state index is 10.7. The minimum atomic E-state index is -0.768. The van der Waals surface area contributed by atoms with Crippen LogP contribution in [0.15, 0.2) is 0 Å². The van der Waals surface area contributed by atoms with Crippen LogP contribution in [0.3, 0.4) is 0 Å². The van der Waals surface area contributed by atoms with Crippen LogP contribution in [0.1, 0.15) is 20.8 Å². The summed E-state index contributed by atoms with van der Waals surface area (Å²) in [7, 11) is 0. The number of carboxylic acid groups (broad SMARTS) is 1. The molecule has 0 bridgehead atoms. The number of aliphatic carboxylic acids is 1. The van der Waals surface area contributed by atoms with Gasteiger partial charge >= 0.3 is 5.97 Å². The second-order valence-corrected chi connectivity index (χ2v) is 5.16. The van der Waals surface area contributed by atoms with Crippen LogP contribution < -0.4 is 5.32 Å². The fraction of sp³-hybridized carbons (Fsp3) is 0.857. The molecular formula is C7H13NO2S. The summed E-state index contributed by atoms with van der Waals surface area (Å²) in [6.45, 7) is 5.70. The van der Waals surface area contributed by atoms with Crippen molar-refractivity contribution in [3.63, 3.8) is 0 Å². The van der Waals surface area contributed by atoms with E-state index in [1.165, 1.54) is 0 Å². The van der Waals surface area contributed by atoms with Crippen LogP contribution in [0.5, 0.6) is 0 Å². The molecule has 11 heavy (non-hydrogen) atoms. The number of carbonyl (C=O) groups is 1. The molecule has 1 heterocycles. The molecule has 0 amide bonds. The molecule has 0 aromatic rings. The van der Waals surface area contributed by atoms with Gasteiger partial charge in [0.2, 0.25) is 0 Å². The van der Waals surface area contributed by atoms with E-state index >= 15 is 0 Å². The van der Waals surface area contributed by atoms with Gasteiger partial charge in [0, 0.05) is 5.75 Å². The lowest BCUT2D eigenvalue weighted by atomic mass is 10.1. The number of carboxylic acids is 1. The Bertz CT molecular complexity index is 193. The van der Waals surface area contributed by atoms with Crippen molar-refractivity contribution in [2.24, 2.45) is 0 Å². The molecule has 1 aliphatic heterocycles. The lowest BCUT2D eigenvalue weighted by molar-refractivity contribution is -0.143. The van der Waals surface area contributed by atoms with Crippen LogP contribution in [0.2, 0.25) is 0 Å².